The van der Waals surface area contributed by atoms with Gasteiger partial charge in [0.25, 0.3) is 0 Å². The molecule has 0 aromatic heterocycles. The minimum atomic E-state index is 0. The van der Waals surface area contributed by atoms with Gasteiger partial charge in [0, 0.05) is 12.0 Å². The third-order valence-corrected chi connectivity index (χ3v) is 3.13. The van der Waals surface area contributed by atoms with Crippen molar-refractivity contribution >= 4 is 12.4 Å². The van der Waals surface area contributed by atoms with Gasteiger partial charge in [-0.05, 0) is 32.2 Å². The molecule has 2 rings (SSSR count). The van der Waals surface area contributed by atoms with Crippen LogP contribution in [-0.2, 0) is 0 Å². The van der Waals surface area contributed by atoms with E-state index in [0.717, 1.165) is 19.5 Å². The van der Waals surface area contributed by atoms with Crippen LogP contribution in [0.15, 0.2) is 0 Å². The first-order valence-corrected chi connectivity index (χ1v) is 4.22. The number of halogens is 1. The maximum atomic E-state index is 9.48. The first kappa shape index (κ1) is 9.30. The molecule has 2 unspecified atom stereocenters. The van der Waals surface area contributed by atoms with Crippen LogP contribution in [-0.4, -0.2) is 24.3 Å². The summed E-state index contributed by atoms with van der Waals surface area (Å²) in [7, 11) is 0. The molecule has 2 atom stereocenters. The second kappa shape index (κ2) is 3.30. The molecular weight excluding hydrogens is 162 g/mol. The van der Waals surface area contributed by atoms with Gasteiger partial charge in [-0.2, -0.15) is 0 Å². The normalized spacial score (nSPS) is 42.8. The van der Waals surface area contributed by atoms with E-state index < -0.39 is 0 Å². The van der Waals surface area contributed by atoms with Crippen LogP contribution in [0.4, 0.5) is 0 Å². The quantitative estimate of drug-likeness (QED) is 0.577. The highest BCUT2D eigenvalue weighted by Crippen LogP contribution is 2.45. The van der Waals surface area contributed by atoms with Gasteiger partial charge in [-0.15, -0.1) is 12.4 Å². The molecular formula is C8H16ClNO. The van der Waals surface area contributed by atoms with E-state index in [0.29, 0.717) is 5.41 Å². The highest BCUT2D eigenvalue weighted by Gasteiger charge is 2.45. The molecule has 11 heavy (non-hydrogen) atoms. The predicted octanol–water partition coefficient (Wildman–Crippen LogP) is 0.933. The number of aliphatic hydroxyl groups excluding tert-OH is 1. The molecule has 1 saturated heterocycles. The van der Waals surface area contributed by atoms with Crippen LogP contribution in [0.25, 0.3) is 0 Å². The summed E-state index contributed by atoms with van der Waals surface area (Å²) >= 11 is 0. The second-order valence-corrected chi connectivity index (χ2v) is 3.70. The predicted molar refractivity (Wildman–Crippen MR) is 47.0 cm³/mol. The van der Waals surface area contributed by atoms with Gasteiger partial charge in [0.05, 0.1) is 6.10 Å². The monoisotopic (exact) mass is 177 g/mol. The number of hydrogen-bond donors (Lipinski definition) is 2. The fourth-order valence-corrected chi connectivity index (χ4v) is 2.17. The number of piperidine rings is 1. The van der Waals surface area contributed by atoms with E-state index >= 15 is 0 Å². The maximum absolute atomic E-state index is 9.48. The van der Waals surface area contributed by atoms with Crippen molar-refractivity contribution in [1.29, 1.82) is 0 Å². The summed E-state index contributed by atoms with van der Waals surface area (Å²) in [6.45, 7) is 2.20. The second-order valence-electron chi connectivity index (χ2n) is 3.70. The van der Waals surface area contributed by atoms with Gasteiger partial charge in [0.15, 0.2) is 0 Å². The standard InChI is InChI=1S/C8H15NO.ClH/c10-7-2-4-8(7)3-1-5-9-6-8;/h7,9-10H,1-6H2;1H. The number of hydrogen-bond acceptors (Lipinski definition) is 2. The molecule has 0 aromatic carbocycles. The van der Waals surface area contributed by atoms with Crippen molar-refractivity contribution in [1.82, 2.24) is 5.32 Å². The largest absolute Gasteiger partial charge is 0.393 e. The van der Waals surface area contributed by atoms with Crippen LogP contribution < -0.4 is 5.32 Å². The van der Waals surface area contributed by atoms with E-state index in [2.05, 4.69) is 5.32 Å². The Bertz CT molecular complexity index is 134. The van der Waals surface area contributed by atoms with Gasteiger partial charge in [0.2, 0.25) is 0 Å². The lowest BCUT2D eigenvalue weighted by atomic mass is 9.62. The third-order valence-electron chi connectivity index (χ3n) is 3.13. The molecule has 2 aliphatic rings. The van der Waals surface area contributed by atoms with Crippen molar-refractivity contribution in [3.05, 3.63) is 0 Å². The highest BCUT2D eigenvalue weighted by atomic mass is 35.5. The lowest BCUT2D eigenvalue weighted by molar-refractivity contribution is -0.0776. The van der Waals surface area contributed by atoms with Gasteiger partial charge >= 0.3 is 0 Å². The summed E-state index contributed by atoms with van der Waals surface area (Å²) in [6, 6.07) is 0. The molecule has 2 fully saturated rings. The molecule has 66 valence electrons. The maximum Gasteiger partial charge on any atom is 0.0608 e. The zero-order valence-corrected chi connectivity index (χ0v) is 7.49. The van der Waals surface area contributed by atoms with Crippen LogP contribution in [0.5, 0.6) is 0 Å². The van der Waals surface area contributed by atoms with Crippen molar-refractivity contribution in [3.63, 3.8) is 0 Å². The molecule has 2 nitrogen and oxygen atoms in total. The van der Waals surface area contributed by atoms with E-state index in [9.17, 15) is 5.11 Å². The molecule has 1 aliphatic heterocycles. The first-order chi connectivity index (χ1) is 4.83. The molecule has 2 N–H and O–H groups in total. The zero-order chi connectivity index (χ0) is 7.03. The number of aliphatic hydroxyl groups is 1. The van der Waals surface area contributed by atoms with Crippen LogP contribution in [0.3, 0.4) is 0 Å². The smallest absolute Gasteiger partial charge is 0.0608 e. The van der Waals surface area contributed by atoms with E-state index in [-0.39, 0.29) is 18.5 Å². The van der Waals surface area contributed by atoms with Gasteiger partial charge < -0.3 is 10.4 Å². The van der Waals surface area contributed by atoms with E-state index in [1.807, 2.05) is 0 Å². The fourth-order valence-electron chi connectivity index (χ4n) is 2.17. The summed E-state index contributed by atoms with van der Waals surface area (Å²) in [5.74, 6) is 0. The summed E-state index contributed by atoms with van der Waals surface area (Å²) in [5, 5.41) is 12.8. The van der Waals surface area contributed by atoms with Crippen molar-refractivity contribution in [2.75, 3.05) is 13.1 Å². The molecule has 1 saturated carbocycles. The lowest BCUT2D eigenvalue weighted by Crippen LogP contribution is -2.54. The number of rotatable bonds is 0. The Labute approximate surface area is 73.8 Å². The van der Waals surface area contributed by atoms with Crippen LogP contribution >= 0.6 is 12.4 Å². The summed E-state index contributed by atoms with van der Waals surface area (Å²) in [6.07, 6.45) is 4.75. The lowest BCUT2D eigenvalue weighted by Gasteiger charge is -2.49. The van der Waals surface area contributed by atoms with Gasteiger partial charge in [-0.3, -0.25) is 0 Å². The molecule has 1 aliphatic carbocycles. The summed E-state index contributed by atoms with van der Waals surface area (Å²) in [4.78, 5) is 0. The topological polar surface area (TPSA) is 32.3 Å². The highest BCUT2D eigenvalue weighted by molar-refractivity contribution is 5.85. The van der Waals surface area contributed by atoms with Gasteiger partial charge in [0.1, 0.15) is 0 Å². The van der Waals surface area contributed by atoms with Crippen molar-refractivity contribution < 1.29 is 5.11 Å². The van der Waals surface area contributed by atoms with Crippen molar-refractivity contribution in [2.24, 2.45) is 5.41 Å². The Hall–Kier alpha value is 0.210. The SMILES string of the molecule is Cl.OC1CCC12CCCNC2. The third kappa shape index (κ3) is 1.40. The Morgan fingerprint density at radius 1 is 1.36 bits per heavy atom. The molecule has 3 heteroatoms. The fraction of sp³-hybridized carbons (Fsp3) is 1.00. The van der Waals surface area contributed by atoms with Crippen LogP contribution in [0.1, 0.15) is 25.7 Å². The van der Waals surface area contributed by atoms with E-state index in [1.54, 1.807) is 0 Å². The molecule has 1 heterocycles. The van der Waals surface area contributed by atoms with Gasteiger partial charge in [-0.1, -0.05) is 0 Å². The minimum absolute atomic E-state index is 0. The Morgan fingerprint density at radius 3 is 2.45 bits per heavy atom. The molecule has 0 radical (unpaired) electrons. The molecule has 0 bridgehead atoms. The number of nitrogens with one attached hydrogen (secondary N) is 1. The Balaban J connectivity index is 0.000000605. The van der Waals surface area contributed by atoms with Gasteiger partial charge in [-0.25, -0.2) is 0 Å². The summed E-state index contributed by atoms with van der Waals surface area (Å²) < 4.78 is 0. The van der Waals surface area contributed by atoms with Crippen molar-refractivity contribution in [2.45, 2.75) is 31.8 Å². The minimum Gasteiger partial charge on any atom is -0.393 e. The zero-order valence-electron chi connectivity index (χ0n) is 6.68. The van der Waals surface area contributed by atoms with Crippen molar-refractivity contribution in [3.8, 4) is 0 Å². The van der Waals surface area contributed by atoms with Crippen LogP contribution in [0, 0.1) is 5.41 Å². The molecule has 1 spiro atoms. The first-order valence-electron chi connectivity index (χ1n) is 4.22. The molecule has 0 amide bonds. The van der Waals surface area contributed by atoms with Crippen LogP contribution in [0.2, 0.25) is 0 Å². The average molecular weight is 178 g/mol. The van der Waals surface area contributed by atoms with E-state index in [1.165, 1.54) is 19.3 Å². The van der Waals surface area contributed by atoms with E-state index in [4.69, 9.17) is 0 Å². The Kier molecular flexibility index (Phi) is 2.79. The average Bonchev–Trinajstić information content (AvgIpc) is 2.04. The Morgan fingerprint density at radius 2 is 2.18 bits per heavy atom. The summed E-state index contributed by atoms with van der Waals surface area (Å²) in [5.41, 5.74) is 0.304. The molecule has 0 aromatic rings.